The Balaban J connectivity index is 2.04. The van der Waals surface area contributed by atoms with Crippen LogP contribution in [0.2, 0.25) is 0 Å². The molecule has 0 saturated carbocycles. The molecule has 0 radical (unpaired) electrons. The van der Waals surface area contributed by atoms with Crippen molar-refractivity contribution in [2.24, 2.45) is 5.41 Å². The molecule has 0 aliphatic heterocycles. The summed E-state index contributed by atoms with van der Waals surface area (Å²) in [5, 5.41) is 3.67. The molecule has 3 aromatic rings. The molecular weight excluding hydrogens is 430 g/mol. The Kier molecular flexibility index (Phi) is 7.44. The smallest absolute Gasteiger partial charge is 0.408 e. The van der Waals surface area contributed by atoms with Crippen LogP contribution >= 0.6 is 0 Å². The molecule has 0 spiro atoms. The van der Waals surface area contributed by atoms with E-state index in [-0.39, 0.29) is 18.1 Å². The number of rotatable bonds is 7. The molecule has 1 atom stereocenters. The Labute approximate surface area is 200 Å². The maximum atomic E-state index is 13.6. The van der Waals surface area contributed by atoms with E-state index in [2.05, 4.69) is 10.3 Å². The number of alkyl carbamates (subject to hydrolysis) is 1. The van der Waals surface area contributed by atoms with Gasteiger partial charge < -0.3 is 20.5 Å². The second-order valence-corrected chi connectivity index (χ2v) is 9.93. The molecule has 1 heterocycles. The van der Waals surface area contributed by atoms with Crippen molar-refractivity contribution in [3.05, 3.63) is 71.8 Å². The number of nitrogens with one attached hydrogen (secondary N) is 1. The number of carbonyl (C=O) groups is 2. The number of hydrogen-bond donors (Lipinski definition) is 2. The Bertz CT molecular complexity index is 1160. The normalized spacial score (nSPS) is 13.4. The van der Waals surface area contributed by atoms with Gasteiger partial charge in [-0.3, -0.25) is 0 Å². The fourth-order valence-electron chi connectivity index (χ4n) is 3.91. The van der Waals surface area contributed by atoms with E-state index in [1.807, 2.05) is 63.2 Å². The zero-order valence-electron chi connectivity index (χ0n) is 20.4. The van der Waals surface area contributed by atoms with Crippen molar-refractivity contribution >= 4 is 28.8 Å². The van der Waals surface area contributed by atoms with E-state index in [9.17, 15) is 9.59 Å². The molecule has 34 heavy (non-hydrogen) atoms. The SMILES string of the molecule is CC(C)OC(=O)[C@](CC(C)(C)C)(NC(=O)OCc1ccccc1)c1ccc2nc(N)ccc2c1. The standard InChI is InChI=1S/C27H33N3O4/c1-18(2)34-24(31)27(17-26(3,4)5,30-25(32)33-16-19-9-7-6-8-10-19)21-12-13-22-20(15-21)11-14-23(28)29-22/h6-15,18H,16-17H2,1-5H3,(H2,28,29)(H,30,32)/t27-/m1/s1. The number of nitrogens with zero attached hydrogens (tertiary/aromatic N) is 1. The predicted octanol–water partition coefficient (Wildman–Crippen LogP) is 5.33. The number of hydrogen-bond acceptors (Lipinski definition) is 6. The molecule has 0 saturated heterocycles. The first-order valence-corrected chi connectivity index (χ1v) is 11.4. The van der Waals surface area contributed by atoms with Crippen LogP contribution in [0.3, 0.4) is 0 Å². The number of benzene rings is 2. The lowest BCUT2D eigenvalue weighted by Gasteiger charge is -2.38. The number of ether oxygens (including phenoxy) is 2. The predicted molar refractivity (Wildman–Crippen MR) is 133 cm³/mol. The van der Waals surface area contributed by atoms with Crippen molar-refractivity contribution in [2.75, 3.05) is 5.73 Å². The van der Waals surface area contributed by atoms with Gasteiger partial charge in [-0.05, 0) is 61.1 Å². The van der Waals surface area contributed by atoms with Crippen LogP contribution in [0.4, 0.5) is 10.6 Å². The quantitative estimate of drug-likeness (QED) is 0.459. The number of esters is 1. The van der Waals surface area contributed by atoms with E-state index in [0.29, 0.717) is 23.3 Å². The second-order valence-electron chi connectivity index (χ2n) is 9.93. The van der Waals surface area contributed by atoms with Crippen molar-refractivity contribution in [1.29, 1.82) is 0 Å². The van der Waals surface area contributed by atoms with Crippen LogP contribution in [-0.2, 0) is 26.4 Å². The molecule has 7 nitrogen and oxygen atoms in total. The minimum Gasteiger partial charge on any atom is -0.461 e. The van der Waals surface area contributed by atoms with Gasteiger partial charge in [-0.1, -0.05) is 57.2 Å². The topological polar surface area (TPSA) is 104 Å². The number of amides is 1. The first-order chi connectivity index (χ1) is 16.0. The number of aromatic nitrogens is 1. The average Bonchev–Trinajstić information content (AvgIpc) is 2.76. The maximum Gasteiger partial charge on any atom is 0.408 e. The van der Waals surface area contributed by atoms with E-state index < -0.39 is 17.6 Å². The summed E-state index contributed by atoms with van der Waals surface area (Å²) >= 11 is 0. The Morgan fingerprint density at radius 1 is 1.03 bits per heavy atom. The highest BCUT2D eigenvalue weighted by atomic mass is 16.6. The van der Waals surface area contributed by atoms with E-state index in [1.165, 1.54) is 0 Å². The molecule has 1 amide bonds. The highest BCUT2D eigenvalue weighted by Gasteiger charge is 2.47. The molecular formula is C27H33N3O4. The molecule has 7 heteroatoms. The number of nitrogens with two attached hydrogens (primary N) is 1. The summed E-state index contributed by atoms with van der Waals surface area (Å²) in [5.74, 6) is -0.139. The van der Waals surface area contributed by atoms with E-state index in [1.54, 1.807) is 32.0 Å². The molecule has 3 N–H and O–H groups in total. The number of fused-ring (bicyclic) bond motifs is 1. The lowest BCUT2D eigenvalue weighted by Crippen LogP contribution is -2.55. The van der Waals surface area contributed by atoms with Gasteiger partial charge in [0.05, 0.1) is 11.6 Å². The van der Waals surface area contributed by atoms with Gasteiger partial charge in [0.15, 0.2) is 5.54 Å². The monoisotopic (exact) mass is 463 g/mol. The largest absolute Gasteiger partial charge is 0.461 e. The van der Waals surface area contributed by atoms with Gasteiger partial charge in [0.2, 0.25) is 0 Å². The number of pyridine rings is 1. The number of carbonyl (C=O) groups excluding carboxylic acids is 2. The molecule has 0 bridgehead atoms. The first-order valence-electron chi connectivity index (χ1n) is 11.4. The molecule has 0 aliphatic rings. The summed E-state index contributed by atoms with van der Waals surface area (Å²) in [6.45, 7) is 9.65. The Morgan fingerprint density at radius 3 is 2.38 bits per heavy atom. The van der Waals surface area contributed by atoms with Crippen molar-refractivity contribution in [3.8, 4) is 0 Å². The van der Waals surface area contributed by atoms with Gasteiger partial charge in [0.1, 0.15) is 12.4 Å². The van der Waals surface area contributed by atoms with Gasteiger partial charge in [-0.2, -0.15) is 0 Å². The van der Waals surface area contributed by atoms with Crippen molar-refractivity contribution < 1.29 is 19.1 Å². The summed E-state index contributed by atoms with van der Waals surface area (Å²) in [7, 11) is 0. The summed E-state index contributed by atoms with van der Waals surface area (Å²) in [5.41, 5.74) is 6.14. The van der Waals surface area contributed by atoms with Crippen LogP contribution < -0.4 is 11.1 Å². The van der Waals surface area contributed by atoms with Gasteiger partial charge in [-0.15, -0.1) is 0 Å². The Hall–Kier alpha value is -3.61. The van der Waals surface area contributed by atoms with Crippen LogP contribution in [0, 0.1) is 5.41 Å². The first kappa shape index (κ1) is 25.0. The third-order valence-electron chi connectivity index (χ3n) is 5.22. The molecule has 2 aromatic carbocycles. The maximum absolute atomic E-state index is 13.6. The van der Waals surface area contributed by atoms with E-state index in [0.717, 1.165) is 10.9 Å². The summed E-state index contributed by atoms with van der Waals surface area (Å²) in [6, 6.07) is 18.3. The van der Waals surface area contributed by atoms with Gasteiger partial charge in [-0.25, -0.2) is 14.6 Å². The average molecular weight is 464 g/mol. The van der Waals surface area contributed by atoms with Gasteiger partial charge in [0, 0.05) is 5.39 Å². The number of anilines is 1. The third-order valence-corrected chi connectivity index (χ3v) is 5.22. The zero-order chi connectivity index (χ0) is 24.9. The summed E-state index contributed by atoms with van der Waals surface area (Å²) < 4.78 is 11.2. The zero-order valence-corrected chi connectivity index (χ0v) is 20.4. The second kappa shape index (κ2) is 10.1. The van der Waals surface area contributed by atoms with Crippen LogP contribution in [-0.4, -0.2) is 23.2 Å². The molecule has 180 valence electrons. The fraction of sp³-hybridized carbons (Fsp3) is 0.370. The van der Waals surface area contributed by atoms with E-state index in [4.69, 9.17) is 15.2 Å². The lowest BCUT2D eigenvalue weighted by molar-refractivity contribution is -0.157. The minimum atomic E-state index is -1.47. The van der Waals surface area contributed by atoms with E-state index >= 15 is 0 Å². The van der Waals surface area contributed by atoms with Crippen LogP contribution in [0.1, 0.15) is 52.2 Å². The van der Waals surface area contributed by atoms with Gasteiger partial charge >= 0.3 is 12.1 Å². The summed E-state index contributed by atoms with van der Waals surface area (Å²) in [4.78, 5) is 31.0. The summed E-state index contributed by atoms with van der Waals surface area (Å²) in [6.07, 6.45) is -0.778. The van der Waals surface area contributed by atoms with Crippen molar-refractivity contribution in [3.63, 3.8) is 0 Å². The van der Waals surface area contributed by atoms with Crippen LogP contribution in [0.25, 0.3) is 10.9 Å². The fourth-order valence-corrected chi connectivity index (χ4v) is 3.91. The molecule has 0 unspecified atom stereocenters. The lowest BCUT2D eigenvalue weighted by atomic mass is 9.75. The molecule has 0 fully saturated rings. The molecule has 0 aliphatic carbocycles. The minimum absolute atomic E-state index is 0.0818. The van der Waals surface area contributed by atoms with Gasteiger partial charge in [0.25, 0.3) is 0 Å². The highest BCUT2D eigenvalue weighted by molar-refractivity contribution is 5.90. The van der Waals surface area contributed by atoms with Crippen molar-refractivity contribution in [1.82, 2.24) is 10.3 Å². The number of nitrogen functional groups attached to an aromatic ring is 1. The van der Waals surface area contributed by atoms with Crippen LogP contribution in [0.5, 0.6) is 0 Å². The van der Waals surface area contributed by atoms with Crippen molar-refractivity contribution in [2.45, 2.75) is 59.3 Å². The Morgan fingerprint density at radius 2 is 1.74 bits per heavy atom. The van der Waals surface area contributed by atoms with Crippen LogP contribution in [0.15, 0.2) is 60.7 Å². The third kappa shape index (κ3) is 6.25. The molecule has 3 rings (SSSR count). The highest BCUT2D eigenvalue weighted by Crippen LogP contribution is 2.38. The molecule has 1 aromatic heterocycles.